The Labute approximate surface area is 97.8 Å². The number of para-hydroxylation sites is 1. The molecule has 1 aromatic carbocycles. The molecule has 0 aliphatic carbocycles. The molecular weight excluding hydrogens is 228 g/mol. The Morgan fingerprint density at radius 3 is 2.58 bits per heavy atom. The molecule has 1 rings (SSSR count). The monoisotopic (exact) mass is 240 g/mol. The standard InChI is InChI=1S/C9H11BrO.Mg.2H/c1-2-11-9-6-4-3-5-8(9)7-10;;;/h3-6H,2,7H2,1H3;;;. The zero-order valence-corrected chi connectivity index (χ0v) is 8.10. The molecule has 0 unspecified atom stereocenters. The van der Waals surface area contributed by atoms with Gasteiger partial charge in [0.15, 0.2) is 0 Å². The van der Waals surface area contributed by atoms with Gasteiger partial charge in [-0.2, -0.15) is 0 Å². The van der Waals surface area contributed by atoms with Crippen LogP contribution in [0.25, 0.3) is 0 Å². The van der Waals surface area contributed by atoms with Gasteiger partial charge in [-0.15, -0.1) is 0 Å². The normalized spacial score (nSPS) is 8.83. The van der Waals surface area contributed by atoms with Gasteiger partial charge in [-0.3, -0.25) is 0 Å². The molecule has 0 amide bonds. The predicted molar refractivity (Wildman–Crippen MR) is 58.8 cm³/mol. The maximum Gasteiger partial charge on any atom is 0.316 e. The third-order valence-electron chi connectivity index (χ3n) is 1.42. The Kier molecular flexibility index (Phi) is 6.90. The molecule has 64 valence electrons. The molecule has 0 fully saturated rings. The summed E-state index contributed by atoms with van der Waals surface area (Å²) >= 11 is 3.40. The van der Waals surface area contributed by atoms with Gasteiger partial charge in [0.05, 0.1) is 6.61 Å². The third kappa shape index (κ3) is 3.33. The van der Waals surface area contributed by atoms with Crippen molar-refractivity contribution in [2.75, 3.05) is 6.61 Å². The van der Waals surface area contributed by atoms with Gasteiger partial charge in [-0.1, -0.05) is 34.1 Å². The molecule has 3 heteroatoms. The Morgan fingerprint density at radius 2 is 2.00 bits per heavy atom. The fraction of sp³-hybridized carbons (Fsp3) is 0.333. The summed E-state index contributed by atoms with van der Waals surface area (Å²) in [6.45, 7) is 2.72. The number of halogens is 1. The molecular formula is C9H13BrMgO. The highest BCUT2D eigenvalue weighted by Crippen LogP contribution is 2.19. The molecule has 0 saturated heterocycles. The number of hydrogen-bond acceptors (Lipinski definition) is 1. The maximum absolute atomic E-state index is 5.40. The fourth-order valence-electron chi connectivity index (χ4n) is 0.911. The van der Waals surface area contributed by atoms with Crippen LogP contribution in [0.4, 0.5) is 0 Å². The number of rotatable bonds is 3. The van der Waals surface area contributed by atoms with Crippen LogP contribution in [0.2, 0.25) is 0 Å². The second-order valence-corrected chi connectivity index (χ2v) is 2.74. The molecule has 1 nitrogen and oxygen atoms in total. The average molecular weight is 241 g/mol. The van der Waals surface area contributed by atoms with E-state index < -0.39 is 0 Å². The molecule has 0 heterocycles. The highest BCUT2D eigenvalue weighted by molar-refractivity contribution is 9.08. The first-order valence-electron chi connectivity index (χ1n) is 3.65. The summed E-state index contributed by atoms with van der Waals surface area (Å²) < 4.78 is 5.40. The van der Waals surface area contributed by atoms with Crippen LogP contribution in [0.5, 0.6) is 5.75 Å². The molecule has 0 radical (unpaired) electrons. The minimum Gasteiger partial charge on any atom is -0.494 e. The summed E-state index contributed by atoms with van der Waals surface area (Å²) in [5.41, 5.74) is 1.20. The minimum absolute atomic E-state index is 0. The number of hydrogen-bond donors (Lipinski definition) is 0. The van der Waals surface area contributed by atoms with Gasteiger partial charge >= 0.3 is 23.1 Å². The maximum atomic E-state index is 5.40. The molecule has 0 aliphatic heterocycles. The first-order chi connectivity index (χ1) is 5.38. The van der Waals surface area contributed by atoms with E-state index in [1.807, 2.05) is 25.1 Å². The smallest absolute Gasteiger partial charge is 0.316 e. The molecule has 1 aromatic rings. The Hall–Kier alpha value is 0.266. The van der Waals surface area contributed by atoms with E-state index in [0.29, 0.717) is 0 Å². The van der Waals surface area contributed by atoms with Crippen molar-refractivity contribution in [2.45, 2.75) is 12.3 Å². The van der Waals surface area contributed by atoms with Crippen molar-refractivity contribution in [3.63, 3.8) is 0 Å². The van der Waals surface area contributed by atoms with Crippen molar-refractivity contribution in [3.05, 3.63) is 29.8 Å². The van der Waals surface area contributed by atoms with E-state index in [1.165, 1.54) is 5.56 Å². The van der Waals surface area contributed by atoms with Gasteiger partial charge in [0.1, 0.15) is 5.75 Å². The topological polar surface area (TPSA) is 9.23 Å². The SMILES string of the molecule is CCOc1ccccc1CBr.[MgH2]. The first-order valence-corrected chi connectivity index (χ1v) is 4.77. The molecule has 0 aromatic heterocycles. The quantitative estimate of drug-likeness (QED) is 0.581. The van der Waals surface area contributed by atoms with Crippen molar-refractivity contribution < 1.29 is 4.74 Å². The lowest BCUT2D eigenvalue weighted by molar-refractivity contribution is 0.337. The predicted octanol–water partition coefficient (Wildman–Crippen LogP) is 2.06. The highest BCUT2D eigenvalue weighted by Gasteiger charge is 1.98. The van der Waals surface area contributed by atoms with Crippen LogP contribution in [0.3, 0.4) is 0 Å². The lowest BCUT2D eigenvalue weighted by atomic mass is 10.2. The van der Waals surface area contributed by atoms with Crippen molar-refractivity contribution in [3.8, 4) is 5.75 Å². The van der Waals surface area contributed by atoms with Gasteiger partial charge in [-0.25, -0.2) is 0 Å². The molecule has 0 saturated carbocycles. The van der Waals surface area contributed by atoms with Crippen LogP contribution < -0.4 is 4.74 Å². The highest BCUT2D eigenvalue weighted by atomic mass is 79.9. The second-order valence-electron chi connectivity index (χ2n) is 2.17. The summed E-state index contributed by atoms with van der Waals surface area (Å²) in [5, 5.41) is 0.850. The molecule has 0 N–H and O–H groups in total. The Morgan fingerprint density at radius 1 is 1.33 bits per heavy atom. The largest absolute Gasteiger partial charge is 0.494 e. The summed E-state index contributed by atoms with van der Waals surface area (Å²) in [6.07, 6.45) is 0. The van der Waals surface area contributed by atoms with Crippen molar-refractivity contribution in [1.82, 2.24) is 0 Å². The van der Waals surface area contributed by atoms with Crippen molar-refractivity contribution in [2.24, 2.45) is 0 Å². The number of benzene rings is 1. The average Bonchev–Trinajstić information content (AvgIpc) is 2.06. The van der Waals surface area contributed by atoms with Crippen LogP contribution in [-0.4, -0.2) is 29.7 Å². The summed E-state index contributed by atoms with van der Waals surface area (Å²) in [7, 11) is 0. The fourth-order valence-corrected chi connectivity index (χ4v) is 1.37. The second kappa shape index (κ2) is 6.75. The summed E-state index contributed by atoms with van der Waals surface area (Å²) in [4.78, 5) is 0. The lowest BCUT2D eigenvalue weighted by Crippen LogP contribution is -1.94. The molecule has 0 atom stereocenters. The van der Waals surface area contributed by atoms with Crippen molar-refractivity contribution in [1.29, 1.82) is 0 Å². The lowest BCUT2D eigenvalue weighted by Gasteiger charge is -2.06. The first kappa shape index (κ1) is 12.3. The zero-order chi connectivity index (χ0) is 8.10. The van der Waals surface area contributed by atoms with E-state index in [-0.39, 0.29) is 23.1 Å². The van der Waals surface area contributed by atoms with E-state index in [2.05, 4.69) is 22.0 Å². The van der Waals surface area contributed by atoms with E-state index in [9.17, 15) is 0 Å². The Bertz CT molecular complexity index is 228. The molecule has 0 spiro atoms. The van der Waals surface area contributed by atoms with E-state index >= 15 is 0 Å². The van der Waals surface area contributed by atoms with Gasteiger partial charge < -0.3 is 4.74 Å². The summed E-state index contributed by atoms with van der Waals surface area (Å²) in [5.74, 6) is 0.979. The number of alkyl halides is 1. The van der Waals surface area contributed by atoms with Crippen LogP contribution in [0.1, 0.15) is 12.5 Å². The van der Waals surface area contributed by atoms with Gasteiger partial charge in [0, 0.05) is 10.9 Å². The molecule has 12 heavy (non-hydrogen) atoms. The van der Waals surface area contributed by atoms with Gasteiger partial charge in [-0.05, 0) is 13.0 Å². The van der Waals surface area contributed by atoms with Crippen LogP contribution in [0.15, 0.2) is 24.3 Å². The van der Waals surface area contributed by atoms with E-state index in [1.54, 1.807) is 0 Å². The third-order valence-corrected chi connectivity index (χ3v) is 2.02. The van der Waals surface area contributed by atoms with Crippen LogP contribution in [0, 0.1) is 0 Å². The van der Waals surface area contributed by atoms with Crippen molar-refractivity contribution >= 4 is 39.0 Å². The number of ether oxygens (including phenoxy) is 1. The van der Waals surface area contributed by atoms with Crippen LogP contribution >= 0.6 is 15.9 Å². The van der Waals surface area contributed by atoms with Crippen LogP contribution in [-0.2, 0) is 5.33 Å². The molecule has 0 aliphatic rings. The molecule has 0 bridgehead atoms. The zero-order valence-electron chi connectivity index (χ0n) is 6.51. The minimum atomic E-state index is 0. The van der Waals surface area contributed by atoms with Gasteiger partial charge in [0.25, 0.3) is 0 Å². The van der Waals surface area contributed by atoms with E-state index in [0.717, 1.165) is 17.7 Å². The Balaban J connectivity index is 0.00000121. The van der Waals surface area contributed by atoms with E-state index in [4.69, 9.17) is 4.74 Å². The van der Waals surface area contributed by atoms with Gasteiger partial charge in [0.2, 0.25) is 0 Å². The summed E-state index contributed by atoms with van der Waals surface area (Å²) in [6, 6.07) is 8.04.